The van der Waals surface area contributed by atoms with Crippen molar-refractivity contribution in [3.63, 3.8) is 0 Å². The maximum absolute atomic E-state index is 9.76. The van der Waals surface area contributed by atoms with Gasteiger partial charge in [-0.2, -0.15) is 5.26 Å². The predicted molar refractivity (Wildman–Crippen MR) is 89.4 cm³/mol. The van der Waals surface area contributed by atoms with E-state index in [1.165, 1.54) is 38.5 Å². The van der Waals surface area contributed by atoms with E-state index in [4.69, 9.17) is 0 Å². The van der Waals surface area contributed by atoms with Gasteiger partial charge in [0.05, 0.1) is 11.5 Å². The lowest BCUT2D eigenvalue weighted by Crippen LogP contribution is -2.30. The highest BCUT2D eigenvalue weighted by molar-refractivity contribution is 5.29. The summed E-state index contributed by atoms with van der Waals surface area (Å²) in [6, 6.07) is 2.59. The summed E-state index contributed by atoms with van der Waals surface area (Å²) in [5.74, 6) is 1.71. The summed E-state index contributed by atoms with van der Waals surface area (Å²) in [4.78, 5) is 8.91. The molecule has 1 aromatic heterocycles. The SMILES string of the molecule is CCCCCC1CCC(C#N)(c2cnc(CCC)nc2)CC1. The van der Waals surface area contributed by atoms with Gasteiger partial charge in [-0.1, -0.05) is 39.5 Å². The van der Waals surface area contributed by atoms with Crippen molar-refractivity contribution in [3.8, 4) is 6.07 Å². The largest absolute Gasteiger partial charge is 0.241 e. The van der Waals surface area contributed by atoms with E-state index < -0.39 is 0 Å². The van der Waals surface area contributed by atoms with Gasteiger partial charge in [0, 0.05) is 24.4 Å². The Morgan fingerprint density at radius 2 is 1.82 bits per heavy atom. The number of aromatic nitrogens is 2. The molecule has 0 bridgehead atoms. The predicted octanol–water partition coefficient (Wildman–Crippen LogP) is 4.96. The smallest absolute Gasteiger partial charge is 0.128 e. The molecule has 1 saturated carbocycles. The summed E-state index contributed by atoms with van der Waals surface area (Å²) < 4.78 is 0. The summed E-state index contributed by atoms with van der Waals surface area (Å²) in [6.45, 7) is 4.39. The number of nitrogens with zero attached hydrogens (tertiary/aromatic N) is 3. The molecular weight excluding hydrogens is 270 g/mol. The molecular formula is C19H29N3. The molecule has 22 heavy (non-hydrogen) atoms. The molecule has 1 aromatic rings. The first-order valence-corrected chi connectivity index (χ1v) is 8.96. The Bertz CT molecular complexity index is 478. The normalized spacial score (nSPS) is 24.9. The second kappa shape index (κ2) is 8.27. The fourth-order valence-corrected chi connectivity index (χ4v) is 3.56. The third-order valence-corrected chi connectivity index (χ3v) is 5.12. The van der Waals surface area contributed by atoms with Gasteiger partial charge >= 0.3 is 0 Å². The highest BCUT2D eigenvalue weighted by atomic mass is 14.9. The van der Waals surface area contributed by atoms with E-state index in [9.17, 15) is 5.26 Å². The Morgan fingerprint density at radius 1 is 1.14 bits per heavy atom. The van der Waals surface area contributed by atoms with Gasteiger partial charge in [-0.3, -0.25) is 0 Å². The van der Waals surface area contributed by atoms with Gasteiger partial charge in [-0.15, -0.1) is 0 Å². The summed E-state index contributed by atoms with van der Waals surface area (Å²) in [7, 11) is 0. The van der Waals surface area contributed by atoms with Gasteiger partial charge in [0.15, 0.2) is 0 Å². The summed E-state index contributed by atoms with van der Waals surface area (Å²) in [5, 5.41) is 9.76. The van der Waals surface area contributed by atoms with E-state index in [0.717, 1.165) is 43.0 Å². The Kier molecular flexibility index (Phi) is 6.36. The molecule has 0 saturated heterocycles. The minimum Gasteiger partial charge on any atom is -0.241 e. The van der Waals surface area contributed by atoms with Gasteiger partial charge in [0.1, 0.15) is 5.82 Å². The van der Waals surface area contributed by atoms with Crippen LogP contribution in [-0.4, -0.2) is 9.97 Å². The van der Waals surface area contributed by atoms with E-state index in [1.54, 1.807) is 0 Å². The van der Waals surface area contributed by atoms with Gasteiger partial charge in [0.25, 0.3) is 0 Å². The summed E-state index contributed by atoms with van der Waals surface area (Å²) in [6.07, 6.45) is 15.4. The molecule has 1 aliphatic rings. The molecule has 1 aliphatic carbocycles. The van der Waals surface area contributed by atoms with E-state index in [-0.39, 0.29) is 5.41 Å². The molecule has 0 atom stereocenters. The zero-order valence-electron chi connectivity index (χ0n) is 14.1. The van der Waals surface area contributed by atoms with E-state index >= 15 is 0 Å². The van der Waals surface area contributed by atoms with Gasteiger partial charge in [0.2, 0.25) is 0 Å². The second-order valence-electron chi connectivity index (χ2n) is 6.77. The zero-order valence-corrected chi connectivity index (χ0v) is 14.1. The lowest BCUT2D eigenvalue weighted by Gasteiger charge is -2.35. The van der Waals surface area contributed by atoms with E-state index in [0.29, 0.717) is 0 Å². The molecule has 0 N–H and O–H groups in total. The molecule has 3 heteroatoms. The lowest BCUT2D eigenvalue weighted by molar-refractivity contribution is 0.261. The highest BCUT2D eigenvalue weighted by Crippen LogP contribution is 2.42. The maximum Gasteiger partial charge on any atom is 0.128 e. The van der Waals surface area contributed by atoms with E-state index in [2.05, 4.69) is 29.9 Å². The molecule has 120 valence electrons. The second-order valence-corrected chi connectivity index (χ2v) is 6.77. The lowest BCUT2D eigenvalue weighted by atomic mass is 9.67. The van der Waals surface area contributed by atoms with Gasteiger partial charge in [-0.05, 0) is 38.0 Å². The van der Waals surface area contributed by atoms with Crippen LogP contribution in [0.15, 0.2) is 12.4 Å². The molecule has 1 heterocycles. The Balaban J connectivity index is 1.98. The number of hydrogen-bond donors (Lipinski definition) is 0. The minimum atomic E-state index is -0.341. The minimum absolute atomic E-state index is 0.341. The monoisotopic (exact) mass is 299 g/mol. The average molecular weight is 299 g/mol. The fraction of sp³-hybridized carbons (Fsp3) is 0.737. The Labute approximate surface area is 135 Å². The Hall–Kier alpha value is -1.43. The third-order valence-electron chi connectivity index (χ3n) is 5.12. The number of aryl methyl sites for hydroxylation is 1. The van der Waals surface area contributed by atoms with Crippen LogP contribution >= 0.6 is 0 Å². The molecule has 0 aromatic carbocycles. The molecule has 0 radical (unpaired) electrons. The molecule has 2 rings (SSSR count). The summed E-state index contributed by atoms with van der Waals surface area (Å²) >= 11 is 0. The summed E-state index contributed by atoms with van der Waals surface area (Å²) in [5.41, 5.74) is 0.688. The number of nitriles is 1. The van der Waals surface area contributed by atoms with Crippen molar-refractivity contribution in [1.29, 1.82) is 5.26 Å². The average Bonchev–Trinajstić information content (AvgIpc) is 2.57. The standard InChI is InChI=1S/C19H29N3/c1-3-5-6-8-16-9-11-19(15-20,12-10-16)17-13-21-18(7-4-2)22-14-17/h13-14,16H,3-12H2,1-2H3. The van der Waals surface area contributed by atoms with E-state index in [1.807, 2.05) is 12.4 Å². The first kappa shape index (κ1) is 16.9. The van der Waals surface area contributed by atoms with Crippen LogP contribution < -0.4 is 0 Å². The Morgan fingerprint density at radius 3 is 2.36 bits per heavy atom. The van der Waals surface area contributed by atoms with Crippen molar-refractivity contribution < 1.29 is 0 Å². The fourth-order valence-electron chi connectivity index (χ4n) is 3.56. The zero-order chi connectivity index (χ0) is 15.8. The van der Waals surface area contributed by atoms with Crippen LogP contribution in [-0.2, 0) is 11.8 Å². The van der Waals surface area contributed by atoms with Crippen LogP contribution in [0.1, 0.15) is 83.0 Å². The third kappa shape index (κ3) is 4.06. The molecule has 1 fully saturated rings. The van der Waals surface area contributed by atoms with Crippen molar-refractivity contribution in [2.75, 3.05) is 0 Å². The van der Waals surface area contributed by atoms with Crippen molar-refractivity contribution in [2.24, 2.45) is 5.92 Å². The van der Waals surface area contributed by atoms with Crippen LogP contribution in [0.2, 0.25) is 0 Å². The van der Waals surface area contributed by atoms with Crippen molar-refractivity contribution >= 4 is 0 Å². The van der Waals surface area contributed by atoms with Crippen molar-refractivity contribution in [3.05, 3.63) is 23.8 Å². The van der Waals surface area contributed by atoms with Crippen molar-refractivity contribution in [2.45, 2.75) is 83.5 Å². The van der Waals surface area contributed by atoms with Crippen LogP contribution in [0.5, 0.6) is 0 Å². The number of unbranched alkanes of at least 4 members (excludes halogenated alkanes) is 2. The molecule has 3 nitrogen and oxygen atoms in total. The van der Waals surface area contributed by atoms with Crippen LogP contribution in [0, 0.1) is 17.2 Å². The van der Waals surface area contributed by atoms with Crippen LogP contribution in [0.3, 0.4) is 0 Å². The molecule has 0 aliphatic heterocycles. The van der Waals surface area contributed by atoms with Crippen molar-refractivity contribution in [1.82, 2.24) is 9.97 Å². The maximum atomic E-state index is 9.76. The topological polar surface area (TPSA) is 49.6 Å². The molecule has 0 unspecified atom stereocenters. The quantitative estimate of drug-likeness (QED) is 0.668. The van der Waals surface area contributed by atoms with Crippen LogP contribution in [0.25, 0.3) is 0 Å². The van der Waals surface area contributed by atoms with Gasteiger partial charge < -0.3 is 0 Å². The van der Waals surface area contributed by atoms with Gasteiger partial charge in [-0.25, -0.2) is 9.97 Å². The number of rotatable bonds is 7. The first-order chi connectivity index (χ1) is 10.7. The number of hydrogen-bond acceptors (Lipinski definition) is 3. The first-order valence-electron chi connectivity index (χ1n) is 8.96. The van der Waals surface area contributed by atoms with Crippen LogP contribution in [0.4, 0.5) is 0 Å². The highest BCUT2D eigenvalue weighted by Gasteiger charge is 2.37. The molecule has 0 amide bonds. The molecule has 0 spiro atoms.